The highest BCUT2D eigenvalue weighted by Crippen LogP contribution is 2.18. The summed E-state index contributed by atoms with van der Waals surface area (Å²) in [4.78, 5) is 24.2. The van der Waals surface area contributed by atoms with E-state index in [9.17, 15) is 18.0 Å². The molecule has 150 valence electrons. The van der Waals surface area contributed by atoms with Crippen LogP contribution in [0.5, 0.6) is 5.75 Å². The zero-order valence-corrected chi connectivity index (χ0v) is 16.6. The van der Waals surface area contributed by atoms with Gasteiger partial charge in [0.15, 0.2) is 0 Å². The van der Waals surface area contributed by atoms with E-state index in [-0.39, 0.29) is 16.1 Å². The highest BCUT2D eigenvalue weighted by molar-refractivity contribution is 7.89. The SMILES string of the molecule is CCOc1ccc(S(=O)(=O)N[C@H](C)C(=O)Nc2ccccc2C(=O)OC)cc1. The van der Waals surface area contributed by atoms with E-state index in [1.807, 2.05) is 6.92 Å². The van der Waals surface area contributed by atoms with Gasteiger partial charge in [-0.15, -0.1) is 0 Å². The normalized spacial score (nSPS) is 12.1. The predicted octanol–water partition coefficient (Wildman–Crippen LogP) is 2.18. The van der Waals surface area contributed by atoms with Gasteiger partial charge in [0.05, 0.1) is 35.9 Å². The van der Waals surface area contributed by atoms with Crippen LogP contribution in [-0.4, -0.2) is 40.1 Å². The van der Waals surface area contributed by atoms with Gasteiger partial charge in [-0.2, -0.15) is 4.72 Å². The van der Waals surface area contributed by atoms with E-state index < -0.39 is 27.9 Å². The van der Waals surface area contributed by atoms with Crippen molar-refractivity contribution in [2.75, 3.05) is 19.0 Å². The highest BCUT2D eigenvalue weighted by atomic mass is 32.2. The topological polar surface area (TPSA) is 111 Å². The van der Waals surface area contributed by atoms with Crippen molar-refractivity contribution in [2.45, 2.75) is 24.8 Å². The molecule has 9 heteroatoms. The second kappa shape index (κ2) is 9.34. The number of carbonyl (C=O) groups excluding carboxylic acids is 2. The monoisotopic (exact) mass is 406 g/mol. The number of para-hydroxylation sites is 1. The fourth-order valence-electron chi connectivity index (χ4n) is 2.36. The zero-order valence-electron chi connectivity index (χ0n) is 15.8. The zero-order chi connectivity index (χ0) is 20.7. The summed E-state index contributed by atoms with van der Waals surface area (Å²) in [6.07, 6.45) is 0. The number of anilines is 1. The van der Waals surface area contributed by atoms with E-state index in [0.29, 0.717) is 12.4 Å². The Morgan fingerprint density at radius 3 is 2.32 bits per heavy atom. The van der Waals surface area contributed by atoms with E-state index in [1.165, 1.54) is 50.4 Å². The summed E-state index contributed by atoms with van der Waals surface area (Å²) in [5.74, 6) is -0.684. The largest absolute Gasteiger partial charge is 0.494 e. The fourth-order valence-corrected chi connectivity index (χ4v) is 3.56. The quantitative estimate of drug-likeness (QED) is 0.650. The average molecular weight is 406 g/mol. The van der Waals surface area contributed by atoms with Crippen LogP contribution < -0.4 is 14.8 Å². The standard InChI is InChI=1S/C19H22N2O6S/c1-4-27-14-9-11-15(12-10-14)28(24,25)21-13(2)18(22)20-17-8-6-5-7-16(17)19(23)26-3/h5-13,21H,4H2,1-3H3,(H,20,22)/t13-/m1/s1. The van der Waals surface area contributed by atoms with E-state index >= 15 is 0 Å². The third-order valence-corrected chi connectivity index (χ3v) is 5.32. The molecule has 0 radical (unpaired) electrons. The lowest BCUT2D eigenvalue weighted by molar-refractivity contribution is -0.117. The van der Waals surface area contributed by atoms with Gasteiger partial charge in [-0.25, -0.2) is 13.2 Å². The molecule has 0 spiro atoms. The molecule has 2 aromatic rings. The number of amides is 1. The first-order valence-electron chi connectivity index (χ1n) is 8.52. The number of nitrogens with one attached hydrogen (secondary N) is 2. The lowest BCUT2D eigenvalue weighted by Crippen LogP contribution is -2.41. The number of sulfonamides is 1. The van der Waals surface area contributed by atoms with Gasteiger partial charge in [-0.05, 0) is 50.2 Å². The first-order chi connectivity index (χ1) is 13.3. The summed E-state index contributed by atoms with van der Waals surface area (Å²) in [7, 11) is -2.69. The number of carbonyl (C=O) groups is 2. The van der Waals surface area contributed by atoms with Gasteiger partial charge >= 0.3 is 5.97 Å². The van der Waals surface area contributed by atoms with E-state index in [2.05, 4.69) is 14.8 Å². The number of ether oxygens (including phenoxy) is 2. The predicted molar refractivity (Wildman–Crippen MR) is 104 cm³/mol. The second-order valence-corrected chi connectivity index (χ2v) is 7.49. The molecule has 0 bridgehead atoms. The number of hydrogen-bond acceptors (Lipinski definition) is 6. The lowest BCUT2D eigenvalue weighted by Gasteiger charge is -2.16. The Bertz CT molecular complexity index is 941. The van der Waals surface area contributed by atoms with Crippen LogP contribution in [0, 0.1) is 0 Å². The van der Waals surface area contributed by atoms with Crippen molar-refractivity contribution in [3.8, 4) is 5.75 Å². The smallest absolute Gasteiger partial charge is 0.339 e. The molecule has 0 aliphatic rings. The van der Waals surface area contributed by atoms with Crippen molar-refractivity contribution in [1.82, 2.24) is 4.72 Å². The molecule has 2 N–H and O–H groups in total. The molecular formula is C19H22N2O6S. The Balaban J connectivity index is 2.10. The number of methoxy groups -OCH3 is 1. The molecule has 8 nitrogen and oxygen atoms in total. The molecule has 2 rings (SSSR count). The van der Waals surface area contributed by atoms with Crippen LogP contribution in [-0.2, 0) is 19.6 Å². The third-order valence-electron chi connectivity index (χ3n) is 3.76. The number of esters is 1. The molecule has 28 heavy (non-hydrogen) atoms. The second-order valence-electron chi connectivity index (χ2n) is 5.77. The van der Waals surface area contributed by atoms with Crippen LogP contribution in [0.3, 0.4) is 0 Å². The van der Waals surface area contributed by atoms with E-state index in [1.54, 1.807) is 12.1 Å². The molecule has 0 aliphatic heterocycles. The van der Waals surface area contributed by atoms with Crippen molar-refractivity contribution in [1.29, 1.82) is 0 Å². The Morgan fingerprint density at radius 1 is 1.07 bits per heavy atom. The van der Waals surface area contributed by atoms with Crippen molar-refractivity contribution >= 4 is 27.6 Å². The van der Waals surface area contributed by atoms with Crippen LogP contribution in [0.2, 0.25) is 0 Å². The molecule has 0 saturated carbocycles. The highest BCUT2D eigenvalue weighted by Gasteiger charge is 2.23. The van der Waals surface area contributed by atoms with Crippen LogP contribution >= 0.6 is 0 Å². The number of benzene rings is 2. The molecule has 0 heterocycles. The van der Waals surface area contributed by atoms with Crippen LogP contribution in [0.15, 0.2) is 53.4 Å². The molecule has 1 amide bonds. The summed E-state index contributed by atoms with van der Waals surface area (Å²) < 4.78 is 37.2. The van der Waals surface area contributed by atoms with Crippen LogP contribution in [0.4, 0.5) is 5.69 Å². The molecule has 1 atom stereocenters. The maximum Gasteiger partial charge on any atom is 0.339 e. The minimum absolute atomic E-state index is 0.00515. The third kappa shape index (κ3) is 5.30. The van der Waals surface area contributed by atoms with Gasteiger partial charge in [0.25, 0.3) is 0 Å². The van der Waals surface area contributed by atoms with Crippen LogP contribution in [0.1, 0.15) is 24.2 Å². The van der Waals surface area contributed by atoms with Gasteiger partial charge in [0.1, 0.15) is 5.75 Å². The van der Waals surface area contributed by atoms with Crippen molar-refractivity contribution in [3.05, 3.63) is 54.1 Å². The van der Waals surface area contributed by atoms with Gasteiger partial charge in [0.2, 0.25) is 15.9 Å². The van der Waals surface area contributed by atoms with Crippen molar-refractivity contribution in [3.63, 3.8) is 0 Å². The summed E-state index contributed by atoms with van der Waals surface area (Å²) in [6.45, 7) is 3.70. The fraction of sp³-hybridized carbons (Fsp3) is 0.263. The summed E-state index contributed by atoms with van der Waals surface area (Å²) in [6, 6.07) is 11.1. The molecule has 0 saturated heterocycles. The lowest BCUT2D eigenvalue weighted by atomic mass is 10.1. The Hall–Kier alpha value is -2.91. The number of hydrogen-bond donors (Lipinski definition) is 2. The maximum atomic E-state index is 12.5. The van der Waals surface area contributed by atoms with Gasteiger partial charge in [0, 0.05) is 0 Å². The summed E-state index contributed by atoms with van der Waals surface area (Å²) >= 11 is 0. The minimum Gasteiger partial charge on any atom is -0.494 e. The number of rotatable bonds is 8. The van der Waals surface area contributed by atoms with Gasteiger partial charge < -0.3 is 14.8 Å². The summed E-state index contributed by atoms with van der Waals surface area (Å²) in [5.41, 5.74) is 0.395. The molecular weight excluding hydrogens is 384 g/mol. The Morgan fingerprint density at radius 2 is 1.71 bits per heavy atom. The molecule has 0 unspecified atom stereocenters. The minimum atomic E-state index is -3.92. The first-order valence-corrected chi connectivity index (χ1v) is 10.00. The van der Waals surface area contributed by atoms with E-state index in [0.717, 1.165) is 0 Å². The van der Waals surface area contributed by atoms with Gasteiger partial charge in [-0.1, -0.05) is 12.1 Å². The van der Waals surface area contributed by atoms with Gasteiger partial charge in [-0.3, -0.25) is 4.79 Å². The van der Waals surface area contributed by atoms with Crippen molar-refractivity contribution in [2.24, 2.45) is 0 Å². The average Bonchev–Trinajstić information content (AvgIpc) is 2.68. The maximum absolute atomic E-state index is 12.5. The summed E-state index contributed by atoms with van der Waals surface area (Å²) in [5, 5.41) is 2.54. The molecule has 2 aromatic carbocycles. The Labute approximate surface area is 163 Å². The molecule has 0 aliphatic carbocycles. The van der Waals surface area contributed by atoms with Crippen molar-refractivity contribution < 1.29 is 27.5 Å². The van der Waals surface area contributed by atoms with Crippen LogP contribution in [0.25, 0.3) is 0 Å². The van der Waals surface area contributed by atoms with E-state index in [4.69, 9.17) is 4.74 Å². The molecule has 0 fully saturated rings. The molecule has 0 aromatic heterocycles. The first kappa shape index (κ1) is 21.4. The Kier molecular flexibility index (Phi) is 7.13.